The molecule has 29 heavy (non-hydrogen) atoms. The maximum atomic E-state index is 12.1. The predicted octanol–water partition coefficient (Wildman–Crippen LogP) is 1.99. The van der Waals surface area contributed by atoms with Gasteiger partial charge in [0, 0.05) is 25.7 Å². The third kappa shape index (κ3) is 4.14. The van der Waals surface area contributed by atoms with Gasteiger partial charge in [-0.1, -0.05) is 0 Å². The van der Waals surface area contributed by atoms with E-state index in [9.17, 15) is 14.9 Å². The van der Waals surface area contributed by atoms with Crippen LogP contribution in [-0.2, 0) is 28.4 Å². The highest BCUT2D eigenvalue weighted by atomic mass is 16.7. The Morgan fingerprint density at radius 3 is 2.03 bits per heavy atom. The highest BCUT2D eigenvalue weighted by molar-refractivity contribution is 6.62. The monoisotopic (exact) mass is 398 g/mol. The predicted molar refractivity (Wildman–Crippen MR) is 105 cm³/mol. The first-order chi connectivity index (χ1) is 13.3. The minimum absolute atomic E-state index is 0.274. The largest absolute Gasteiger partial charge is 0.494 e. The van der Waals surface area contributed by atoms with Gasteiger partial charge in [-0.3, -0.25) is 0 Å². The number of anilines is 1. The van der Waals surface area contributed by atoms with Crippen LogP contribution in [0.15, 0.2) is 30.0 Å². The zero-order valence-electron chi connectivity index (χ0n) is 17.3. The topological polar surface area (TPSA) is 107 Å². The second-order valence-corrected chi connectivity index (χ2v) is 8.42. The van der Waals surface area contributed by atoms with Gasteiger partial charge >= 0.3 is 19.1 Å². The van der Waals surface area contributed by atoms with Gasteiger partial charge in [0.2, 0.25) is 0 Å². The number of cyclic esters (lactones) is 2. The van der Waals surface area contributed by atoms with Gasteiger partial charge in [0.15, 0.2) is 5.57 Å². The van der Waals surface area contributed by atoms with Gasteiger partial charge in [0.05, 0.1) is 22.8 Å². The summed E-state index contributed by atoms with van der Waals surface area (Å²) in [6.07, 6.45) is 1.20. The number of carbonyl (C=O) groups is 2. The zero-order valence-corrected chi connectivity index (χ0v) is 17.3. The van der Waals surface area contributed by atoms with Crippen LogP contribution in [0.4, 0.5) is 5.69 Å². The Balaban J connectivity index is 1.87. The minimum Gasteiger partial charge on any atom is -0.419 e. The van der Waals surface area contributed by atoms with E-state index in [1.807, 2.05) is 27.7 Å². The molecule has 2 fully saturated rings. The lowest BCUT2D eigenvalue weighted by Crippen LogP contribution is -2.42. The van der Waals surface area contributed by atoms with Crippen molar-refractivity contribution in [3.8, 4) is 6.07 Å². The first kappa shape index (κ1) is 20.9. The van der Waals surface area contributed by atoms with Gasteiger partial charge in [0.1, 0.15) is 0 Å². The summed E-state index contributed by atoms with van der Waals surface area (Å²) in [5.41, 5.74) is 0.151. The molecule has 1 aromatic rings. The fraction of sp³-hybridized carbons (Fsp3) is 0.450. The van der Waals surface area contributed by atoms with Crippen molar-refractivity contribution < 1.29 is 28.4 Å². The van der Waals surface area contributed by atoms with Crippen molar-refractivity contribution in [1.82, 2.24) is 0 Å². The Hall–Kier alpha value is -2.83. The number of rotatable bonds is 3. The molecule has 3 rings (SSSR count). The third-order valence-electron chi connectivity index (χ3n) is 5.11. The molecule has 152 valence electrons. The van der Waals surface area contributed by atoms with E-state index in [2.05, 4.69) is 11.4 Å². The lowest BCUT2D eigenvalue weighted by molar-refractivity contribution is -0.222. The van der Waals surface area contributed by atoms with E-state index < -0.39 is 36.0 Å². The van der Waals surface area contributed by atoms with E-state index in [0.717, 1.165) is 0 Å². The van der Waals surface area contributed by atoms with Gasteiger partial charge in [-0.25, -0.2) is 9.59 Å². The fourth-order valence-electron chi connectivity index (χ4n) is 2.85. The zero-order chi connectivity index (χ0) is 21.6. The van der Waals surface area contributed by atoms with Crippen LogP contribution in [0, 0.1) is 11.3 Å². The van der Waals surface area contributed by atoms with Crippen LogP contribution in [0.3, 0.4) is 0 Å². The summed E-state index contributed by atoms with van der Waals surface area (Å²) < 4.78 is 22.2. The minimum atomic E-state index is -1.31. The second-order valence-electron chi connectivity index (χ2n) is 8.42. The molecule has 0 saturated carbocycles. The number of hydrogen-bond acceptors (Lipinski definition) is 8. The molecule has 2 aliphatic rings. The first-order valence-corrected chi connectivity index (χ1v) is 9.18. The van der Waals surface area contributed by atoms with Crippen molar-refractivity contribution in [2.45, 2.75) is 58.5 Å². The molecule has 0 amide bonds. The van der Waals surface area contributed by atoms with Crippen LogP contribution >= 0.6 is 0 Å². The molecule has 0 unspecified atom stereocenters. The standard InChI is InChI=1S/C20H23BN2O6/c1-18(2)19(3,4)29-21(28-18)13-7-12(10-22)8-14(9-13)23-11-15-16(24)26-20(5,6)27-17(15)25/h7-9,11,23H,1-6H3. The summed E-state index contributed by atoms with van der Waals surface area (Å²) in [5.74, 6) is -2.89. The molecular weight excluding hydrogens is 375 g/mol. The Morgan fingerprint density at radius 1 is 0.966 bits per heavy atom. The molecule has 2 aliphatic heterocycles. The molecule has 1 N–H and O–H groups in total. The van der Waals surface area contributed by atoms with E-state index in [0.29, 0.717) is 16.7 Å². The number of ether oxygens (including phenoxy) is 2. The summed E-state index contributed by atoms with van der Waals surface area (Å²) in [6.45, 7) is 10.7. The van der Waals surface area contributed by atoms with Gasteiger partial charge in [-0.05, 0) is 51.4 Å². The Morgan fingerprint density at radius 2 is 1.52 bits per heavy atom. The van der Waals surface area contributed by atoms with E-state index in [1.165, 1.54) is 20.0 Å². The Bertz CT molecular complexity index is 907. The van der Waals surface area contributed by atoms with Crippen LogP contribution in [-0.4, -0.2) is 36.0 Å². The summed E-state index contributed by atoms with van der Waals surface area (Å²) in [5, 5.41) is 12.2. The number of nitrogens with zero attached hydrogens (tertiary/aromatic N) is 1. The molecular formula is C20H23BN2O6. The SMILES string of the molecule is CC1(C)OC(=O)C(=CNc2cc(C#N)cc(B3OC(C)(C)C(C)(C)O3)c2)C(=O)O1. The third-order valence-corrected chi connectivity index (χ3v) is 5.11. The number of hydrogen-bond donors (Lipinski definition) is 1. The smallest absolute Gasteiger partial charge is 0.419 e. The first-order valence-electron chi connectivity index (χ1n) is 9.18. The molecule has 1 aromatic carbocycles. The lowest BCUT2D eigenvalue weighted by Gasteiger charge is -2.32. The van der Waals surface area contributed by atoms with E-state index in [-0.39, 0.29) is 5.57 Å². The molecule has 2 heterocycles. The van der Waals surface area contributed by atoms with Crippen molar-refractivity contribution in [3.63, 3.8) is 0 Å². The summed E-state index contributed by atoms with van der Waals surface area (Å²) in [7, 11) is -0.660. The summed E-state index contributed by atoms with van der Waals surface area (Å²) in [4.78, 5) is 24.1. The van der Waals surface area contributed by atoms with Gasteiger partial charge in [-0.15, -0.1) is 0 Å². The molecule has 0 spiro atoms. The lowest BCUT2D eigenvalue weighted by atomic mass is 9.78. The normalized spacial score (nSPS) is 21.8. The van der Waals surface area contributed by atoms with Gasteiger partial charge in [-0.2, -0.15) is 5.26 Å². The van der Waals surface area contributed by atoms with E-state index in [4.69, 9.17) is 18.8 Å². The highest BCUT2D eigenvalue weighted by Gasteiger charge is 2.51. The average Bonchev–Trinajstić information content (AvgIpc) is 2.80. The van der Waals surface area contributed by atoms with Gasteiger partial charge < -0.3 is 24.1 Å². The summed E-state index contributed by atoms with van der Waals surface area (Å²) >= 11 is 0. The van der Waals surface area contributed by atoms with Crippen LogP contribution in [0.2, 0.25) is 0 Å². The molecule has 0 aromatic heterocycles. The van der Waals surface area contributed by atoms with E-state index in [1.54, 1.807) is 18.2 Å². The quantitative estimate of drug-likeness (QED) is 0.357. The maximum Gasteiger partial charge on any atom is 0.494 e. The van der Waals surface area contributed by atoms with Crippen molar-refractivity contribution >= 4 is 30.2 Å². The van der Waals surface area contributed by atoms with Crippen LogP contribution in [0.1, 0.15) is 47.1 Å². The van der Waals surface area contributed by atoms with E-state index >= 15 is 0 Å². The van der Waals surface area contributed by atoms with Crippen molar-refractivity contribution in [2.75, 3.05) is 5.32 Å². The molecule has 2 saturated heterocycles. The molecule has 0 aliphatic carbocycles. The number of carbonyl (C=O) groups excluding carboxylic acids is 2. The van der Waals surface area contributed by atoms with Gasteiger partial charge in [0.25, 0.3) is 5.79 Å². The van der Waals surface area contributed by atoms with Crippen molar-refractivity contribution in [1.29, 1.82) is 5.26 Å². The number of nitriles is 1. The average molecular weight is 398 g/mol. The summed E-state index contributed by atoms with van der Waals surface area (Å²) in [6, 6.07) is 7.06. The molecule has 9 heteroatoms. The molecule has 0 radical (unpaired) electrons. The Labute approximate surface area is 169 Å². The van der Waals surface area contributed by atoms with Crippen LogP contribution in [0.5, 0.6) is 0 Å². The highest BCUT2D eigenvalue weighted by Crippen LogP contribution is 2.36. The molecule has 8 nitrogen and oxygen atoms in total. The number of nitrogens with one attached hydrogen (secondary N) is 1. The van der Waals surface area contributed by atoms with Crippen molar-refractivity contribution in [2.24, 2.45) is 0 Å². The molecule has 0 bridgehead atoms. The molecule has 0 atom stereocenters. The Kier molecular flexibility index (Phi) is 4.97. The maximum absolute atomic E-state index is 12.1. The van der Waals surface area contributed by atoms with Crippen LogP contribution in [0.25, 0.3) is 0 Å². The second kappa shape index (κ2) is 6.90. The fourth-order valence-corrected chi connectivity index (χ4v) is 2.85. The van der Waals surface area contributed by atoms with Crippen molar-refractivity contribution in [3.05, 3.63) is 35.5 Å². The number of benzene rings is 1. The van der Waals surface area contributed by atoms with Crippen LogP contribution < -0.4 is 10.8 Å². The number of esters is 2.